The number of anilines is 3. The van der Waals surface area contributed by atoms with Crippen LogP contribution in [-0.4, -0.2) is 34.2 Å². The summed E-state index contributed by atoms with van der Waals surface area (Å²) in [5.74, 6) is 2.93. The number of hydrogen-bond donors (Lipinski definition) is 2. The Kier molecular flexibility index (Phi) is 7.72. The van der Waals surface area contributed by atoms with Crippen LogP contribution < -0.4 is 16.0 Å². The number of nitrogens with one attached hydrogen (secondary N) is 1. The molecule has 6 nitrogen and oxygen atoms in total. The fourth-order valence-corrected chi connectivity index (χ4v) is 3.96. The predicted molar refractivity (Wildman–Crippen MR) is 131 cm³/mol. The Balaban J connectivity index is 2.01. The molecule has 2 aromatic heterocycles. The quantitative estimate of drug-likeness (QED) is 0.412. The van der Waals surface area contributed by atoms with E-state index in [-0.39, 0.29) is 0 Å². The van der Waals surface area contributed by atoms with Crippen molar-refractivity contribution >= 4 is 44.5 Å². The molecule has 0 fully saturated rings. The van der Waals surface area contributed by atoms with Crippen molar-refractivity contribution in [2.45, 2.75) is 40.7 Å². The molecule has 0 atom stereocenters. The smallest absolute Gasteiger partial charge is 0.209 e. The molecule has 3 aromatic rings. The van der Waals surface area contributed by atoms with Crippen molar-refractivity contribution in [2.75, 3.05) is 29.9 Å². The molecule has 0 saturated heterocycles. The normalized spacial score (nSPS) is 11.6. The highest BCUT2D eigenvalue weighted by atomic mass is 79.9. The van der Waals surface area contributed by atoms with Crippen molar-refractivity contribution in [1.29, 1.82) is 0 Å². The second-order valence-corrected chi connectivity index (χ2v) is 9.49. The maximum Gasteiger partial charge on any atom is 0.209 e. The molecule has 0 amide bonds. The number of aromatic nitrogens is 3. The first-order chi connectivity index (χ1) is 14.4. The zero-order valence-corrected chi connectivity index (χ0v) is 20.0. The molecule has 0 aliphatic carbocycles. The number of imidazole rings is 1. The second-order valence-electron chi connectivity index (χ2n) is 8.57. The van der Waals surface area contributed by atoms with Crippen molar-refractivity contribution in [2.24, 2.45) is 17.6 Å². The lowest BCUT2D eigenvalue weighted by Gasteiger charge is -2.27. The van der Waals surface area contributed by atoms with Crippen molar-refractivity contribution in [3.05, 3.63) is 40.9 Å². The molecule has 0 unspecified atom stereocenters. The number of aryl methyl sites for hydroxylation is 1. The highest BCUT2D eigenvalue weighted by Crippen LogP contribution is 2.26. The number of hydrogen-bond acceptors (Lipinski definition) is 5. The predicted octanol–water partition coefficient (Wildman–Crippen LogP) is 5.40. The minimum absolute atomic E-state index is 0.567. The maximum absolute atomic E-state index is 5.81. The summed E-state index contributed by atoms with van der Waals surface area (Å²) in [7, 11) is 0. The summed E-state index contributed by atoms with van der Waals surface area (Å²) in [6.45, 7) is 12.4. The SMILES string of the molecule is CC(C)CN(CC(C)C)c1ccc2nc(Nc3cccc(Br)c3)n(CCCN)c2n1. The van der Waals surface area contributed by atoms with Gasteiger partial charge >= 0.3 is 0 Å². The topological polar surface area (TPSA) is 72.0 Å². The van der Waals surface area contributed by atoms with Crippen LogP contribution in [0.1, 0.15) is 34.1 Å². The van der Waals surface area contributed by atoms with Gasteiger partial charge in [0.15, 0.2) is 5.65 Å². The van der Waals surface area contributed by atoms with Gasteiger partial charge in [-0.25, -0.2) is 9.97 Å². The Morgan fingerprint density at radius 1 is 1.07 bits per heavy atom. The average molecular weight is 473 g/mol. The van der Waals surface area contributed by atoms with E-state index >= 15 is 0 Å². The van der Waals surface area contributed by atoms with Gasteiger partial charge in [-0.05, 0) is 55.1 Å². The van der Waals surface area contributed by atoms with Gasteiger partial charge in [0.05, 0.1) is 0 Å². The van der Waals surface area contributed by atoms with Gasteiger partial charge in [-0.1, -0.05) is 49.7 Å². The molecule has 0 bridgehead atoms. The molecule has 3 N–H and O–H groups in total. The zero-order chi connectivity index (χ0) is 21.7. The van der Waals surface area contributed by atoms with Crippen molar-refractivity contribution < 1.29 is 0 Å². The van der Waals surface area contributed by atoms with Crippen molar-refractivity contribution in [3.8, 4) is 0 Å². The first-order valence-electron chi connectivity index (χ1n) is 10.7. The monoisotopic (exact) mass is 472 g/mol. The molecule has 0 aliphatic heterocycles. The summed E-state index contributed by atoms with van der Waals surface area (Å²) >= 11 is 3.53. The minimum atomic E-state index is 0.567. The average Bonchev–Trinajstić information content (AvgIpc) is 3.01. The molecule has 0 spiro atoms. The molecule has 3 rings (SSSR count). The van der Waals surface area contributed by atoms with E-state index in [1.165, 1.54) is 0 Å². The van der Waals surface area contributed by atoms with Gasteiger partial charge in [-0.15, -0.1) is 0 Å². The van der Waals surface area contributed by atoms with Crippen molar-refractivity contribution in [1.82, 2.24) is 14.5 Å². The second kappa shape index (κ2) is 10.3. The van der Waals surface area contributed by atoms with E-state index < -0.39 is 0 Å². The highest BCUT2D eigenvalue weighted by molar-refractivity contribution is 9.10. The summed E-state index contributed by atoms with van der Waals surface area (Å²) in [6.07, 6.45) is 0.867. The molecule has 7 heteroatoms. The number of halogens is 1. The third kappa shape index (κ3) is 5.73. The Morgan fingerprint density at radius 3 is 2.43 bits per heavy atom. The summed E-state index contributed by atoms with van der Waals surface area (Å²) < 4.78 is 3.17. The molecule has 162 valence electrons. The molecule has 1 aromatic carbocycles. The summed E-state index contributed by atoms with van der Waals surface area (Å²) in [6, 6.07) is 12.3. The van der Waals surface area contributed by atoms with Crippen molar-refractivity contribution in [3.63, 3.8) is 0 Å². The Morgan fingerprint density at radius 2 is 1.80 bits per heavy atom. The van der Waals surface area contributed by atoms with E-state index in [1.807, 2.05) is 24.3 Å². The first kappa shape index (κ1) is 22.6. The number of nitrogens with two attached hydrogens (primary N) is 1. The lowest BCUT2D eigenvalue weighted by Crippen LogP contribution is -2.32. The fourth-order valence-electron chi connectivity index (χ4n) is 3.56. The van der Waals surface area contributed by atoms with Crippen LogP contribution in [0.15, 0.2) is 40.9 Å². The van der Waals surface area contributed by atoms with E-state index in [0.29, 0.717) is 18.4 Å². The van der Waals surface area contributed by atoms with E-state index in [1.54, 1.807) is 0 Å². The third-order valence-corrected chi connectivity index (χ3v) is 5.23. The first-order valence-corrected chi connectivity index (χ1v) is 11.5. The van der Waals surface area contributed by atoms with Gasteiger partial charge in [0.2, 0.25) is 5.95 Å². The largest absolute Gasteiger partial charge is 0.356 e. The molecule has 0 saturated carbocycles. The van der Waals surface area contributed by atoms with Gasteiger partial charge < -0.3 is 16.0 Å². The van der Waals surface area contributed by atoms with E-state index in [0.717, 1.165) is 59.1 Å². The van der Waals surface area contributed by atoms with Gasteiger partial charge in [0.25, 0.3) is 0 Å². The van der Waals surface area contributed by atoms with Gasteiger partial charge in [-0.3, -0.25) is 4.57 Å². The standard InChI is InChI=1S/C23H33BrN6/c1-16(2)14-29(15-17(3)4)21-10-9-20-22(28-21)30(12-6-11-25)23(27-20)26-19-8-5-7-18(24)13-19/h5,7-10,13,16-17H,6,11-12,14-15,25H2,1-4H3,(H,26,27). The van der Waals surface area contributed by atoms with E-state index in [4.69, 9.17) is 15.7 Å². The summed E-state index contributed by atoms with van der Waals surface area (Å²) in [5.41, 5.74) is 8.58. The minimum Gasteiger partial charge on any atom is -0.356 e. The van der Waals surface area contributed by atoms with Crippen LogP contribution in [0, 0.1) is 11.8 Å². The van der Waals surface area contributed by atoms with Gasteiger partial charge in [0, 0.05) is 29.8 Å². The van der Waals surface area contributed by atoms with E-state index in [9.17, 15) is 0 Å². The van der Waals surface area contributed by atoms with Crippen LogP contribution in [-0.2, 0) is 6.54 Å². The fraction of sp³-hybridized carbons (Fsp3) is 0.478. The van der Waals surface area contributed by atoms with Crippen LogP contribution in [0.25, 0.3) is 11.2 Å². The molecular weight excluding hydrogens is 440 g/mol. The summed E-state index contributed by atoms with van der Waals surface area (Å²) in [4.78, 5) is 12.3. The molecule has 0 radical (unpaired) electrons. The van der Waals surface area contributed by atoms with Crippen LogP contribution in [0.3, 0.4) is 0 Å². The lowest BCUT2D eigenvalue weighted by atomic mass is 10.1. The number of pyridine rings is 1. The zero-order valence-electron chi connectivity index (χ0n) is 18.4. The number of fused-ring (bicyclic) bond motifs is 1. The Labute approximate surface area is 188 Å². The van der Waals surface area contributed by atoms with Crippen LogP contribution >= 0.6 is 15.9 Å². The maximum atomic E-state index is 5.81. The van der Waals surface area contributed by atoms with Crippen LogP contribution in [0.4, 0.5) is 17.5 Å². The van der Waals surface area contributed by atoms with Gasteiger partial charge in [0.1, 0.15) is 11.3 Å². The Bertz CT molecular complexity index is 955. The molecule has 2 heterocycles. The van der Waals surface area contributed by atoms with E-state index in [2.05, 4.69) is 70.5 Å². The number of rotatable bonds is 10. The highest BCUT2D eigenvalue weighted by Gasteiger charge is 2.17. The molecule has 0 aliphatic rings. The molecule has 30 heavy (non-hydrogen) atoms. The number of benzene rings is 1. The lowest BCUT2D eigenvalue weighted by molar-refractivity contribution is 0.549. The Hall–Kier alpha value is -2.12. The van der Waals surface area contributed by atoms with Crippen LogP contribution in [0.5, 0.6) is 0 Å². The summed E-state index contributed by atoms with van der Waals surface area (Å²) in [5, 5.41) is 3.45. The number of nitrogens with zero attached hydrogens (tertiary/aromatic N) is 4. The van der Waals surface area contributed by atoms with Gasteiger partial charge in [-0.2, -0.15) is 0 Å². The van der Waals surface area contributed by atoms with Crippen LogP contribution in [0.2, 0.25) is 0 Å². The molecular formula is C23H33BrN6. The third-order valence-electron chi connectivity index (χ3n) is 4.74.